The van der Waals surface area contributed by atoms with Crippen molar-refractivity contribution in [2.24, 2.45) is 0 Å². The van der Waals surface area contributed by atoms with Gasteiger partial charge in [-0.1, -0.05) is 18.7 Å². The molecule has 0 fully saturated rings. The number of hydrogen-bond donors (Lipinski definition) is 0. The number of rotatable bonds is 4. The zero-order chi connectivity index (χ0) is 12.1. The van der Waals surface area contributed by atoms with E-state index in [1.807, 2.05) is 0 Å². The van der Waals surface area contributed by atoms with E-state index in [1.165, 1.54) is 12.1 Å². The van der Waals surface area contributed by atoms with Gasteiger partial charge >= 0.3 is 5.97 Å². The van der Waals surface area contributed by atoms with Gasteiger partial charge in [0, 0.05) is 0 Å². The molecule has 1 rings (SSSR count). The number of alkyl halides is 1. The van der Waals surface area contributed by atoms with Crippen molar-refractivity contribution in [2.45, 2.75) is 13.1 Å². The Morgan fingerprint density at radius 2 is 2.00 bits per heavy atom. The summed E-state index contributed by atoms with van der Waals surface area (Å²) in [5.41, 5.74) is -0.104. The number of ether oxygens (including phenoxy) is 1. The molecule has 4 heteroatoms. The molecule has 1 unspecified atom stereocenters. The Labute approximate surface area is 92.5 Å². The number of benzene rings is 1. The summed E-state index contributed by atoms with van der Waals surface area (Å²) in [5, 5.41) is 0. The highest BCUT2D eigenvalue weighted by atomic mass is 19.1. The van der Waals surface area contributed by atoms with Crippen LogP contribution in [0.25, 0.3) is 0 Å². The van der Waals surface area contributed by atoms with Gasteiger partial charge in [-0.2, -0.15) is 0 Å². The molecule has 0 N–H and O–H groups in total. The van der Waals surface area contributed by atoms with Crippen molar-refractivity contribution in [3.8, 4) is 0 Å². The highest BCUT2D eigenvalue weighted by Gasteiger charge is 2.21. The van der Waals surface area contributed by atoms with E-state index in [1.54, 1.807) is 6.92 Å². The van der Waals surface area contributed by atoms with E-state index >= 15 is 0 Å². The summed E-state index contributed by atoms with van der Waals surface area (Å²) >= 11 is 0. The molecule has 0 aliphatic carbocycles. The van der Waals surface area contributed by atoms with E-state index in [-0.39, 0.29) is 17.7 Å². The molecule has 0 spiro atoms. The van der Waals surface area contributed by atoms with Crippen LogP contribution in [-0.4, -0.2) is 12.6 Å². The number of carbonyl (C=O) groups excluding carboxylic acids is 1. The Bertz CT molecular complexity index is 385. The van der Waals surface area contributed by atoms with Gasteiger partial charge in [-0.15, -0.1) is 0 Å². The van der Waals surface area contributed by atoms with E-state index in [4.69, 9.17) is 0 Å². The third kappa shape index (κ3) is 2.89. The molecule has 0 heterocycles. The first-order chi connectivity index (χ1) is 7.56. The Morgan fingerprint density at radius 3 is 2.50 bits per heavy atom. The summed E-state index contributed by atoms with van der Waals surface area (Å²) in [6, 6.07) is 4.79. The van der Waals surface area contributed by atoms with Crippen LogP contribution in [0.1, 0.15) is 18.7 Å². The molecule has 0 aromatic heterocycles. The normalized spacial score (nSPS) is 11.9. The third-order valence-corrected chi connectivity index (χ3v) is 2.01. The van der Waals surface area contributed by atoms with E-state index < -0.39 is 18.0 Å². The summed E-state index contributed by atoms with van der Waals surface area (Å²) in [4.78, 5) is 11.2. The lowest BCUT2D eigenvalue weighted by Gasteiger charge is -2.10. The van der Waals surface area contributed by atoms with E-state index in [0.717, 1.165) is 12.1 Å². The highest BCUT2D eigenvalue weighted by Crippen LogP contribution is 2.25. The lowest BCUT2D eigenvalue weighted by molar-refractivity contribution is -0.139. The zero-order valence-electron chi connectivity index (χ0n) is 8.87. The predicted octanol–water partition coefficient (Wildman–Crippen LogP) is 2.96. The molecule has 1 aromatic rings. The summed E-state index contributed by atoms with van der Waals surface area (Å²) in [6.45, 7) is 5.11. The molecule has 0 aliphatic rings. The summed E-state index contributed by atoms with van der Waals surface area (Å²) < 4.78 is 30.9. The minimum atomic E-state index is -1.67. The van der Waals surface area contributed by atoms with Crippen LogP contribution >= 0.6 is 0 Å². The molecule has 0 aliphatic heterocycles. The molecular weight excluding hydrogens is 214 g/mol. The number of halogens is 2. The van der Waals surface area contributed by atoms with E-state index in [9.17, 15) is 13.6 Å². The highest BCUT2D eigenvalue weighted by molar-refractivity contribution is 5.89. The van der Waals surface area contributed by atoms with Gasteiger partial charge in [0.15, 0.2) is 6.17 Å². The lowest BCUT2D eigenvalue weighted by Crippen LogP contribution is -2.11. The first-order valence-corrected chi connectivity index (χ1v) is 4.81. The topological polar surface area (TPSA) is 26.3 Å². The first-order valence-electron chi connectivity index (χ1n) is 4.81. The Kier molecular flexibility index (Phi) is 4.17. The van der Waals surface area contributed by atoms with Crippen LogP contribution in [0.3, 0.4) is 0 Å². The summed E-state index contributed by atoms with van der Waals surface area (Å²) in [5.74, 6) is -1.24. The Balaban J connectivity index is 2.77. The van der Waals surface area contributed by atoms with Crippen LogP contribution in [0.2, 0.25) is 0 Å². The Morgan fingerprint density at radius 1 is 1.44 bits per heavy atom. The molecule has 86 valence electrons. The minimum absolute atomic E-state index is 0.161. The molecule has 0 radical (unpaired) electrons. The van der Waals surface area contributed by atoms with Gasteiger partial charge in [0.2, 0.25) is 0 Å². The van der Waals surface area contributed by atoms with Gasteiger partial charge in [-0.3, -0.25) is 0 Å². The van der Waals surface area contributed by atoms with Crippen LogP contribution in [0.4, 0.5) is 8.78 Å². The van der Waals surface area contributed by atoms with Gasteiger partial charge < -0.3 is 4.74 Å². The molecule has 2 nitrogen and oxygen atoms in total. The lowest BCUT2D eigenvalue weighted by atomic mass is 10.0. The monoisotopic (exact) mass is 226 g/mol. The minimum Gasteiger partial charge on any atom is -0.463 e. The van der Waals surface area contributed by atoms with Crippen molar-refractivity contribution < 1.29 is 18.3 Å². The fraction of sp³-hybridized carbons (Fsp3) is 0.250. The molecule has 0 saturated heterocycles. The van der Waals surface area contributed by atoms with Crippen molar-refractivity contribution in [1.82, 2.24) is 0 Å². The molecule has 1 aromatic carbocycles. The van der Waals surface area contributed by atoms with Crippen LogP contribution in [-0.2, 0) is 9.53 Å². The van der Waals surface area contributed by atoms with Crippen molar-refractivity contribution in [1.29, 1.82) is 0 Å². The third-order valence-electron chi connectivity index (χ3n) is 2.01. The van der Waals surface area contributed by atoms with Gasteiger partial charge in [0.05, 0.1) is 12.2 Å². The van der Waals surface area contributed by atoms with Gasteiger partial charge in [0.1, 0.15) is 5.82 Å². The summed E-state index contributed by atoms with van der Waals surface area (Å²) in [6.07, 6.45) is -1.67. The maximum atomic E-state index is 13.7. The molecule has 0 amide bonds. The summed E-state index contributed by atoms with van der Waals surface area (Å²) in [7, 11) is 0. The molecule has 1 atom stereocenters. The predicted molar refractivity (Wildman–Crippen MR) is 56.0 cm³/mol. The van der Waals surface area contributed by atoms with Crippen molar-refractivity contribution in [3.63, 3.8) is 0 Å². The smallest absolute Gasteiger partial charge is 0.336 e. The average molecular weight is 226 g/mol. The zero-order valence-corrected chi connectivity index (χ0v) is 8.87. The van der Waals surface area contributed by atoms with Crippen LogP contribution in [0, 0.1) is 5.82 Å². The quantitative estimate of drug-likeness (QED) is 0.582. The van der Waals surface area contributed by atoms with Crippen LogP contribution < -0.4 is 0 Å². The first kappa shape index (κ1) is 12.4. The van der Waals surface area contributed by atoms with Crippen molar-refractivity contribution in [2.75, 3.05) is 6.61 Å². The van der Waals surface area contributed by atoms with E-state index in [0.29, 0.717) is 0 Å². The fourth-order valence-electron chi connectivity index (χ4n) is 1.16. The van der Waals surface area contributed by atoms with E-state index in [2.05, 4.69) is 11.3 Å². The largest absolute Gasteiger partial charge is 0.463 e. The second-order valence-corrected chi connectivity index (χ2v) is 3.16. The van der Waals surface area contributed by atoms with Gasteiger partial charge in [-0.25, -0.2) is 13.6 Å². The number of esters is 1. The molecule has 16 heavy (non-hydrogen) atoms. The van der Waals surface area contributed by atoms with Crippen LogP contribution in [0.15, 0.2) is 36.4 Å². The number of hydrogen-bond acceptors (Lipinski definition) is 2. The average Bonchev–Trinajstić information content (AvgIpc) is 2.28. The maximum Gasteiger partial charge on any atom is 0.336 e. The second-order valence-electron chi connectivity index (χ2n) is 3.16. The second kappa shape index (κ2) is 5.39. The molecule has 0 bridgehead atoms. The molecule has 0 saturated carbocycles. The Hall–Kier alpha value is -1.71. The van der Waals surface area contributed by atoms with Gasteiger partial charge in [0.25, 0.3) is 0 Å². The SMILES string of the molecule is C=C(C(=O)OCC)C(F)c1ccc(F)cc1. The van der Waals surface area contributed by atoms with Gasteiger partial charge in [-0.05, 0) is 24.6 Å². The van der Waals surface area contributed by atoms with Crippen molar-refractivity contribution >= 4 is 5.97 Å². The van der Waals surface area contributed by atoms with Crippen LogP contribution in [0.5, 0.6) is 0 Å². The maximum absolute atomic E-state index is 13.7. The molecular formula is C12H12F2O2. The fourth-order valence-corrected chi connectivity index (χ4v) is 1.16. The number of carbonyl (C=O) groups is 1. The van der Waals surface area contributed by atoms with Crippen molar-refractivity contribution in [3.05, 3.63) is 47.8 Å². The standard InChI is InChI=1S/C12H12F2O2/c1-3-16-12(15)8(2)11(14)9-4-6-10(13)7-5-9/h4-7,11H,2-3H2,1H3.